The van der Waals surface area contributed by atoms with Gasteiger partial charge in [0.2, 0.25) is 0 Å². The molecule has 1 rings (SSSR count). The first-order chi connectivity index (χ1) is 18.0. The predicted octanol–water partition coefficient (Wildman–Crippen LogP) is 7.15. The number of carbonyl (C=O) groups is 1. The second kappa shape index (κ2) is 19.6. The van der Waals surface area contributed by atoms with E-state index in [0.29, 0.717) is 11.0 Å². The van der Waals surface area contributed by atoms with E-state index in [0.717, 1.165) is 24.2 Å². The summed E-state index contributed by atoms with van der Waals surface area (Å²) >= 11 is 0. The van der Waals surface area contributed by atoms with Gasteiger partial charge in [-0.25, -0.2) is 0 Å². The molecule has 0 amide bonds. The molecule has 2 unspecified atom stereocenters. The van der Waals surface area contributed by atoms with Gasteiger partial charge in [0.05, 0.1) is 40.5 Å². The Labute approximate surface area is 232 Å². The standard InChI is InChI=1S/C30H54NO6P/c1-6-7-8-9-10-11-12-13-14-15-16-17-20-28-21-18-19-22-30(28)35-25-29(37-27(2)32)26-36-38(33,34)24-23-31(3,4)5/h18-19,21-22,29H,6-17,20,23-26H2,1-5H3/p+1. The maximum Gasteiger partial charge on any atom is 0.333 e. The summed E-state index contributed by atoms with van der Waals surface area (Å²) in [5, 5.41) is 0. The van der Waals surface area contributed by atoms with Gasteiger partial charge >= 0.3 is 13.6 Å². The number of unbranched alkanes of at least 4 members (excludes halogenated alkanes) is 11. The molecule has 0 aromatic heterocycles. The molecule has 220 valence electrons. The van der Waals surface area contributed by atoms with Crippen LogP contribution in [0.25, 0.3) is 0 Å². The summed E-state index contributed by atoms with van der Waals surface area (Å²) < 4.78 is 29.6. The number of hydrogen-bond donors (Lipinski definition) is 1. The van der Waals surface area contributed by atoms with Gasteiger partial charge in [-0.2, -0.15) is 0 Å². The molecule has 0 saturated heterocycles. The van der Waals surface area contributed by atoms with Crippen molar-refractivity contribution < 1.29 is 32.7 Å². The van der Waals surface area contributed by atoms with E-state index in [1.807, 2.05) is 39.3 Å². The van der Waals surface area contributed by atoms with Crippen molar-refractivity contribution in [2.24, 2.45) is 0 Å². The number of carbonyl (C=O) groups excluding carboxylic acids is 1. The van der Waals surface area contributed by atoms with E-state index in [2.05, 4.69) is 13.0 Å². The SMILES string of the molecule is CCCCCCCCCCCCCCc1ccccc1OCC(COP(=O)(O)CC[N+](C)(C)C)OC(C)=O. The first kappa shape index (κ1) is 34.6. The van der Waals surface area contributed by atoms with Crippen molar-refractivity contribution in [3.63, 3.8) is 0 Å². The third kappa shape index (κ3) is 18.8. The number of hydrogen-bond acceptors (Lipinski definition) is 5. The van der Waals surface area contributed by atoms with E-state index in [1.54, 1.807) is 0 Å². The molecule has 0 radical (unpaired) electrons. The van der Waals surface area contributed by atoms with Crippen LogP contribution in [-0.2, 0) is 25.0 Å². The molecular formula is C30H55NO6P+. The summed E-state index contributed by atoms with van der Waals surface area (Å²) in [7, 11) is 2.05. The fourth-order valence-corrected chi connectivity index (χ4v) is 5.61. The molecule has 0 heterocycles. The maximum atomic E-state index is 12.4. The molecule has 1 aromatic carbocycles. The van der Waals surface area contributed by atoms with E-state index >= 15 is 0 Å². The van der Waals surface area contributed by atoms with Gasteiger partial charge in [0.15, 0.2) is 6.10 Å². The van der Waals surface area contributed by atoms with E-state index in [1.165, 1.54) is 77.6 Å². The number of rotatable bonds is 23. The van der Waals surface area contributed by atoms with Crippen LogP contribution in [0.3, 0.4) is 0 Å². The monoisotopic (exact) mass is 556 g/mol. The molecular weight excluding hydrogens is 501 g/mol. The molecule has 7 nitrogen and oxygen atoms in total. The Kier molecular flexibility index (Phi) is 17.9. The molecule has 38 heavy (non-hydrogen) atoms. The van der Waals surface area contributed by atoms with Crippen molar-refractivity contribution >= 4 is 13.6 Å². The minimum absolute atomic E-state index is 0.0338. The normalized spacial score (nSPS) is 14.2. The van der Waals surface area contributed by atoms with Crippen molar-refractivity contribution in [2.75, 3.05) is 47.1 Å². The van der Waals surface area contributed by atoms with Gasteiger partial charge < -0.3 is 23.4 Å². The lowest BCUT2D eigenvalue weighted by Gasteiger charge is -2.25. The average Bonchev–Trinajstić information content (AvgIpc) is 2.85. The lowest BCUT2D eigenvalue weighted by atomic mass is 10.0. The summed E-state index contributed by atoms with van der Waals surface area (Å²) in [5.74, 6) is 0.274. The zero-order valence-electron chi connectivity index (χ0n) is 24.8. The molecule has 1 N–H and O–H groups in total. The van der Waals surface area contributed by atoms with Crippen molar-refractivity contribution in [3.8, 4) is 5.75 Å². The van der Waals surface area contributed by atoms with Crippen molar-refractivity contribution in [1.82, 2.24) is 0 Å². The minimum Gasteiger partial charge on any atom is -0.489 e. The summed E-state index contributed by atoms with van der Waals surface area (Å²) in [5.41, 5.74) is 1.12. The third-order valence-electron chi connectivity index (χ3n) is 6.55. The highest BCUT2D eigenvalue weighted by Crippen LogP contribution is 2.42. The number of quaternary nitrogens is 1. The van der Waals surface area contributed by atoms with Gasteiger partial charge in [-0.15, -0.1) is 0 Å². The van der Waals surface area contributed by atoms with Crippen LogP contribution < -0.4 is 4.74 Å². The number of benzene rings is 1. The molecule has 0 aliphatic carbocycles. The largest absolute Gasteiger partial charge is 0.489 e. The quantitative estimate of drug-likeness (QED) is 0.0667. The Balaban J connectivity index is 2.40. The zero-order valence-corrected chi connectivity index (χ0v) is 25.7. The Bertz CT molecular complexity index is 810. The van der Waals surface area contributed by atoms with E-state index < -0.39 is 19.7 Å². The van der Waals surface area contributed by atoms with Crippen LogP contribution in [0.5, 0.6) is 5.75 Å². The molecule has 2 atom stereocenters. The van der Waals surface area contributed by atoms with E-state index in [9.17, 15) is 14.3 Å². The highest BCUT2D eigenvalue weighted by molar-refractivity contribution is 7.52. The molecule has 0 aliphatic heterocycles. The summed E-state index contributed by atoms with van der Waals surface area (Å²) in [6.45, 7) is 3.94. The zero-order chi connectivity index (χ0) is 28.3. The molecule has 0 saturated carbocycles. The molecule has 0 fully saturated rings. The number of para-hydroxylation sites is 1. The summed E-state index contributed by atoms with van der Waals surface area (Å²) in [4.78, 5) is 21.8. The van der Waals surface area contributed by atoms with Crippen LogP contribution in [0.15, 0.2) is 24.3 Å². The van der Waals surface area contributed by atoms with Crippen LogP contribution in [0.2, 0.25) is 0 Å². The van der Waals surface area contributed by atoms with Gasteiger partial charge in [-0.1, -0.05) is 95.8 Å². The Morgan fingerprint density at radius 1 is 0.895 bits per heavy atom. The van der Waals surface area contributed by atoms with Crippen LogP contribution in [-0.4, -0.2) is 68.5 Å². The second-order valence-corrected chi connectivity index (χ2v) is 13.4. The minimum atomic E-state index is -3.79. The lowest BCUT2D eigenvalue weighted by molar-refractivity contribution is -0.867. The molecule has 0 spiro atoms. The Morgan fingerprint density at radius 2 is 1.45 bits per heavy atom. The van der Waals surface area contributed by atoms with Crippen molar-refractivity contribution in [2.45, 2.75) is 103 Å². The number of aryl methyl sites for hydroxylation is 1. The predicted molar refractivity (Wildman–Crippen MR) is 156 cm³/mol. The topological polar surface area (TPSA) is 82.1 Å². The van der Waals surface area contributed by atoms with Gasteiger partial charge in [0, 0.05) is 6.92 Å². The van der Waals surface area contributed by atoms with Crippen molar-refractivity contribution in [3.05, 3.63) is 29.8 Å². The average molecular weight is 557 g/mol. The lowest BCUT2D eigenvalue weighted by Crippen LogP contribution is -2.37. The van der Waals surface area contributed by atoms with Crippen molar-refractivity contribution in [1.29, 1.82) is 0 Å². The Hall–Kier alpha value is -1.40. The molecule has 0 bridgehead atoms. The summed E-state index contributed by atoms with van der Waals surface area (Å²) in [6.07, 6.45) is 16.0. The van der Waals surface area contributed by atoms with Crippen LogP contribution >= 0.6 is 7.60 Å². The van der Waals surface area contributed by atoms with Gasteiger partial charge in [0.25, 0.3) is 0 Å². The fourth-order valence-electron chi connectivity index (χ4n) is 4.23. The van der Waals surface area contributed by atoms with Gasteiger partial charge in [-0.05, 0) is 24.5 Å². The second-order valence-electron chi connectivity index (χ2n) is 11.5. The first-order valence-corrected chi connectivity index (χ1v) is 16.4. The van der Waals surface area contributed by atoms with Gasteiger partial charge in [0.1, 0.15) is 12.4 Å². The van der Waals surface area contributed by atoms with E-state index in [-0.39, 0.29) is 19.4 Å². The van der Waals surface area contributed by atoms with Crippen LogP contribution in [0.4, 0.5) is 0 Å². The fraction of sp³-hybridized carbons (Fsp3) is 0.767. The third-order valence-corrected chi connectivity index (χ3v) is 7.86. The molecule has 1 aromatic rings. The van der Waals surface area contributed by atoms with Crippen LogP contribution in [0, 0.1) is 0 Å². The Morgan fingerprint density at radius 3 is 2.00 bits per heavy atom. The highest BCUT2D eigenvalue weighted by atomic mass is 31.2. The maximum absolute atomic E-state index is 12.4. The summed E-state index contributed by atoms with van der Waals surface area (Å²) in [6, 6.07) is 7.91. The van der Waals surface area contributed by atoms with Gasteiger partial charge in [-0.3, -0.25) is 9.36 Å². The van der Waals surface area contributed by atoms with E-state index in [4.69, 9.17) is 14.0 Å². The number of ether oxygens (including phenoxy) is 2. The smallest absolute Gasteiger partial charge is 0.333 e. The number of esters is 1. The molecule has 8 heteroatoms. The first-order valence-electron chi connectivity index (χ1n) is 14.7. The highest BCUT2D eigenvalue weighted by Gasteiger charge is 2.26. The molecule has 0 aliphatic rings. The number of nitrogens with zero attached hydrogens (tertiary/aromatic N) is 1. The van der Waals surface area contributed by atoms with Crippen LogP contribution in [0.1, 0.15) is 96.5 Å².